The van der Waals surface area contributed by atoms with Gasteiger partial charge in [-0.1, -0.05) is 0 Å². The van der Waals surface area contributed by atoms with E-state index in [9.17, 15) is 27.2 Å². The molecule has 0 atom stereocenters. The fraction of sp³-hybridized carbons (Fsp3) is 0.467. The molecule has 9 heteroatoms. The molecule has 0 aliphatic carbocycles. The summed E-state index contributed by atoms with van der Waals surface area (Å²) < 4.78 is 55.5. The van der Waals surface area contributed by atoms with Gasteiger partial charge in [0.1, 0.15) is 5.82 Å². The summed E-state index contributed by atoms with van der Waals surface area (Å²) in [6, 6.07) is 3.34. The fourth-order valence-corrected chi connectivity index (χ4v) is 2.47. The molecule has 0 spiro atoms. The number of carbonyl (C=O) groups is 2. The Morgan fingerprint density at radius 1 is 1.17 bits per heavy atom. The van der Waals surface area contributed by atoms with Crippen molar-refractivity contribution in [3.05, 3.63) is 35.1 Å². The minimum Gasteiger partial charge on any atom is -0.465 e. The summed E-state index contributed by atoms with van der Waals surface area (Å²) in [4.78, 5) is 26.1. The third-order valence-electron chi connectivity index (χ3n) is 3.68. The number of halogens is 4. The van der Waals surface area contributed by atoms with Crippen molar-refractivity contribution in [3.63, 3.8) is 0 Å². The van der Waals surface area contributed by atoms with E-state index in [1.165, 1.54) is 21.9 Å². The molecule has 24 heavy (non-hydrogen) atoms. The summed E-state index contributed by atoms with van der Waals surface area (Å²) in [6.07, 6.45) is -4.29. The maximum Gasteiger partial charge on any atom is 0.401 e. The maximum atomic E-state index is 14.0. The van der Waals surface area contributed by atoms with Crippen molar-refractivity contribution >= 4 is 11.9 Å². The van der Waals surface area contributed by atoms with E-state index >= 15 is 0 Å². The molecule has 2 rings (SSSR count). The summed E-state index contributed by atoms with van der Waals surface area (Å²) in [6.45, 7) is -0.752. The average Bonchev–Trinajstić information content (AvgIpc) is 2.52. The molecule has 0 unspecified atom stereocenters. The molecule has 0 radical (unpaired) electrons. The van der Waals surface area contributed by atoms with Crippen LogP contribution in [-0.4, -0.2) is 67.7 Å². The highest BCUT2D eigenvalue weighted by atomic mass is 19.4. The Balaban J connectivity index is 2.02. The molecule has 1 heterocycles. The third-order valence-corrected chi connectivity index (χ3v) is 3.68. The number of esters is 1. The van der Waals surface area contributed by atoms with Crippen molar-refractivity contribution in [2.24, 2.45) is 0 Å². The summed E-state index contributed by atoms with van der Waals surface area (Å²) >= 11 is 0. The van der Waals surface area contributed by atoms with Gasteiger partial charge in [0.2, 0.25) is 0 Å². The molecule has 0 bridgehead atoms. The van der Waals surface area contributed by atoms with E-state index in [0.717, 1.165) is 13.2 Å². The van der Waals surface area contributed by atoms with Gasteiger partial charge in [-0.05, 0) is 18.2 Å². The zero-order valence-electron chi connectivity index (χ0n) is 12.9. The molecule has 1 aromatic carbocycles. The zero-order chi connectivity index (χ0) is 17.9. The number of benzene rings is 1. The molecule has 1 amide bonds. The van der Waals surface area contributed by atoms with Crippen molar-refractivity contribution in [1.29, 1.82) is 0 Å². The van der Waals surface area contributed by atoms with Crippen LogP contribution in [0.5, 0.6) is 0 Å². The van der Waals surface area contributed by atoms with E-state index in [1.807, 2.05) is 0 Å². The normalized spacial score (nSPS) is 16.1. The zero-order valence-corrected chi connectivity index (χ0v) is 12.9. The van der Waals surface area contributed by atoms with Gasteiger partial charge in [0.05, 0.1) is 24.8 Å². The lowest BCUT2D eigenvalue weighted by Crippen LogP contribution is -2.51. The van der Waals surface area contributed by atoms with Crippen molar-refractivity contribution in [2.75, 3.05) is 39.8 Å². The Morgan fingerprint density at radius 3 is 2.29 bits per heavy atom. The standard InChI is InChI=1S/C15H16F4N2O3/c1-24-14(23)10-2-3-11(12(16)8-10)13(22)21-6-4-20(5-7-21)9-15(17,18)19/h2-3,8H,4-7,9H2,1H3. The average molecular weight is 348 g/mol. The highest BCUT2D eigenvalue weighted by Gasteiger charge is 2.33. The Bertz CT molecular complexity index is 626. The SMILES string of the molecule is COC(=O)c1ccc(C(=O)N2CCN(CC(F)(F)F)CC2)c(F)c1. The van der Waals surface area contributed by atoms with Gasteiger partial charge in [-0.15, -0.1) is 0 Å². The van der Waals surface area contributed by atoms with E-state index in [1.54, 1.807) is 0 Å². The summed E-state index contributed by atoms with van der Waals surface area (Å²) in [7, 11) is 1.15. The van der Waals surface area contributed by atoms with E-state index in [4.69, 9.17) is 0 Å². The van der Waals surface area contributed by atoms with Gasteiger partial charge in [0.15, 0.2) is 0 Å². The van der Waals surface area contributed by atoms with Crippen LogP contribution in [0.15, 0.2) is 18.2 Å². The highest BCUT2D eigenvalue weighted by Crippen LogP contribution is 2.19. The Hall–Kier alpha value is -2.16. The molecule has 0 saturated carbocycles. The molecule has 1 aromatic rings. The first-order chi connectivity index (χ1) is 11.2. The first kappa shape index (κ1) is 18.2. The predicted molar refractivity (Wildman–Crippen MR) is 76.1 cm³/mol. The Morgan fingerprint density at radius 2 is 1.79 bits per heavy atom. The first-order valence-electron chi connectivity index (χ1n) is 7.17. The van der Waals surface area contributed by atoms with Crippen LogP contribution in [0.2, 0.25) is 0 Å². The van der Waals surface area contributed by atoms with Crippen LogP contribution in [0, 0.1) is 5.82 Å². The Kier molecular flexibility index (Phi) is 5.43. The number of nitrogens with zero attached hydrogens (tertiary/aromatic N) is 2. The number of hydrogen-bond donors (Lipinski definition) is 0. The van der Waals surface area contributed by atoms with Crippen LogP contribution < -0.4 is 0 Å². The smallest absolute Gasteiger partial charge is 0.401 e. The number of ether oxygens (including phenoxy) is 1. The van der Waals surface area contributed by atoms with Crippen LogP contribution in [0.4, 0.5) is 17.6 Å². The predicted octanol–water partition coefficient (Wildman–Crippen LogP) is 1.93. The molecule has 5 nitrogen and oxygen atoms in total. The van der Waals surface area contributed by atoms with Crippen molar-refractivity contribution in [3.8, 4) is 0 Å². The third kappa shape index (κ3) is 4.44. The van der Waals surface area contributed by atoms with Gasteiger partial charge in [-0.25, -0.2) is 9.18 Å². The van der Waals surface area contributed by atoms with Crippen LogP contribution in [0.25, 0.3) is 0 Å². The second-order valence-corrected chi connectivity index (χ2v) is 5.37. The van der Waals surface area contributed by atoms with E-state index < -0.39 is 30.4 Å². The van der Waals surface area contributed by atoms with E-state index in [2.05, 4.69) is 4.74 Å². The van der Waals surface area contributed by atoms with Crippen LogP contribution in [-0.2, 0) is 4.74 Å². The quantitative estimate of drug-likeness (QED) is 0.619. The molecule has 0 aromatic heterocycles. The lowest BCUT2D eigenvalue weighted by atomic mass is 10.1. The van der Waals surface area contributed by atoms with Crippen LogP contribution >= 0.6 is 0 Å². The highest BCUT2D eigenvalue weighted by molar-refractivity contribution is 5.96. The van der Waals surface area contributed by atoms with Crippen molar-refractivity contribution in [1.82, 2.24) is 9.80 Å². The summed E-state index contributed by atoms with van der Waals surface area (Å²) in [5.74, 6) is -2.22. The van der Waals surface area contributed by atoms with Gasteiger partial charge >= 0.3 is 12.1 Å². The number of carbonyl (C=O) groups excluding carboxylic acids is 2. The minimum absolute atomic E-state index is 0.0263. The van der Waals surface area contributed by atoms with Crippen LogP contribution in [0.3, 0.4) is 0 Å². The number of amides is 1. The van der Waals surface area contributed by atoms with Gasteiger partial charge in [0, 0.05) is 26.2 Å². The Labute approximate surface area is 135 Å². The molecular weight excluding hydrogens is 332 g/mol. The molecule has 0 N–H and O–H groups in total. The number of methoxy groups -OCH3 is 1. The van der Waals surface area contributed by atoms with E-state index in [0.29, 0.717) is 0 Å². The molecule has 1 saturated heterocycles. The molecule has 132 valence electrons. The molecule has 1 fully saturated rings. The number of hydrogen-bond acceptors (Lipinski definition) is 4. The van der Waals surface area contributed by atoms with Gasteiger partial charge < -0.3 is 9.64 Å². The second kappa shape index (κ2) is 7.16. The number of alkyl halides is 3. The van der Waals surface area contributed by atoms with Gasteiger partial charge in [-0.2, -0.15) is 13.2 Å². The number of piperazine rings is 1. The molecule has 1 aliphatic rings. The molecule has 1 aliphatic heterocycles. The van der Waals surface area contributed by atoms with E-state index in [-0.39, 0.29) is 37.3 Å². The van der Waals surface area contributed by atoms with Gasteiger partial charge in [0.25, 0.3) is 5.91 Å². The fourth-order valence-electron chi connectivity index (χ4n) is 2.47. The first-order valence-corrected chi connectivity index (χ1v) is 7.17. The topological polar surface area (TPSA) is 49.9 Å². The van der Waals surface area contributed by atoms with Gasteiger partial charge in [-0.3, -0.25) is 9.69 Å². The monoisotopic (exact) mass is 348 g/mol. The molecular formula is C15H16F4N2O3. The largest absolute Gasteiger partial charge is 0.465 e. The maximum absolute atomic E-state index is 14.0. The van der Waals surface area contributed by atoms with Crippen molar-refractivity contribution in [2.45, 2.75) is 6.18 Å². The van der Waals surface area contributed by atoms with Crippen LogP contribution in [0.1, 0.15) is 20.7 Å². The lowest BCUT2D eigenvalue weighted by Gasteiger charge is -2.35. The lowest BCUT2D eigenvalue weighted by molar-refractivity contribution is -0.148. The second-order valence-electron chi connectivity index (χ2n) is 5.37. The minimum atomic E-state index is -4.29. The van der Waals surface area contributed by atoms with Crippen molar-refractivity contribution < 1.29 is 31.9 Å². The summed E-state index contributed by atoms with van der Waals surface area (Å²) in [5, 5.41) is 0. The summed E-state index contributed by atoms with van der Waals surface area (Å²) in [5.41, 5.74) is -0.256. The number of rotatable bonds is 3.